The van der Waals surface area contributed by atoms with Crippen LogP contribution in [0.15, 0.2) is 140 Å². The van der Waals surface area contributed by atoms with Crippen molar-refractivity contribution >= 4 is 45.8 Å². The lowest BCUT2D eigenvalue weighted by atomic mass is 9.82. The third-order valence-electron chi connectivity index (χ3n) is 10.7. The zero-order chi connectivity index (χ0) is 33.5. The zero-order valence-corrected chi connectivity index (χ0v) is 29.9. The van der Waals surface area contributed by atoms with Crippen LogP contribution in [0.4, 0.5) is 17.1 Å². The van der Waals surface area contributed by atoms with Crippen LogP contribution in [-0.2, 0) is 10.8 Å². The Morgan fingerprint density at radius 2 is 0.939 bits per heavy atom. The molecule has 2 heterocycles. The number of hydrogen-bond donors (Lipinski definition) is 0. The third-order valence-corrected chi connectivity index (χ3v) is 13.1. The number of fused-ring (bicyclic) bond motifs is 6. The Balaban J connectivity index is 1.15. The molecule has 3 heteroatoms. The summed E-state index contributed by atoms with van der Waals surface area (Å²) >= 11 is 3.64. The van der Waals surface area contributed by atoms with Crippen molar-refractivity contribution in [2.75, 3.05) is 4.90 Å². The summed E-state index contributed by atoms with van der Waals surface area (Å²) in [5, 5.41) is 0. The standard InChI is InChI=1S/C46H37NS2/c1-6-33-21-24-43(48-33)44-26-25-42(49-44)29-15-17-30(18-16-29)47(31-19-22-36-34-11-7-9-13-38(34)45(2,3)40(36)27-31)32-20-23-37-35-12-8-10-14-39(35)46(4,5)41(37)28-32/h6-28H,1H2,2-5H3. The normalized spacial score (nSPS) is 14.5. The highest BCUT2D eigenvalue weighted by Crippen LogP contribution is 2.53. The number of thiophene rings is 2. The summed E-state index contributed by atoms with van der Waals surface area (Å²) in [7, 11) is 0. The maximum Gasteiger partial charge on any atom is 0.0465 e. The van der Waals surface area contributed by atoms with E-state index in [2.05, 4.69) is 173 Å². The fraction of sp³-hybridized carbons (Fsp3) is 0.130. The van der Waals surface area contributed by atoms with Gasteiger partial charge in [-0.1, -0.05) is 113 Å². The largest absolute Gasteiger partial charge is 0.310 e. The molecule has 2 aliphatic carbocycles. The average molecular weight is 668 g/mol. The van der Waals surface area contributed by atoms with E-state index in [1.165, 1.54) is 81.0 Å². The van der Waals surface area contributed by atoms with E-state index in [-0.39, 0.29) is 10.8 Å². The Labute approximate surface area is 297 Å². The Bertz CT molecular complexity index is 2310. The molecule has 0 N–H and O–H groups in total. The van der Waals surface area contributed by atoms with Gasteiger partial charge in [-0.25, -0.2) is 0 Å². The van der Waals surface area contributed by atoms with Crippen LogP contribution < -0.4 is 4.90 Å². The molecular weight excluding hydrogens is 631 g/mol. The van der Waals surface area contributed by atoms with Gasteiger partial charge in [-0.15, -0.1) is 22.7 Å². The predicted octanol–water partition coefficient (Wildman–Crippen LogP) is 13.9. The van der Waals surface area contributed by atoms with E-state index in [1.54, 1.807) is 11.3 Å². The van der Waals surface area contributed by atoms with Gasteiger partial charge in [0.15, 0.2) is 0 Å². The van der Waals surface area contributed by atoms with E-state index in [9.17, 15) is 0 Å². The minimum absolute atomic E-state index is 0.0785. The monoisotopic (exact) mass is 667 g/mol. The number of hydrogen-bond acceptors (Lipinski definition) is 3. The molecule has 7 aromatic rings. The summed E-state index contributed by atoms with van der Waals surface area (Å²) in [5.74, 6) is 0. The molecule has 0 fully saturated rings. The molecule has 2 aromatic heterocycles. The first-order chi connectivity index (χ1) is 23.7. The van der Waals surface area contributed by atoms with E-state index >= 15 is 0 Å². The van der Waals surface area contributed by atoms with Crippen LogP contribution in [0.1, 0.15) is 54.8 Å². The van der Waals surface area contributed by atoms with Crippen LogP contribution >= 0.6 is 22.7 Å². The van der Waals surface area contributed by atoms with Crippen LogP contribution in [0.3, 0.4) is 0 Å². The second-order valence-electron chi connectivity index (χ2n) is 14.3. The van der Waals surface area contributed by atoms with Crippen molar-refractivity contribution in [2.45, 2.75) is 38.5 Å². The summed E-state index contributed by atoms with van der Waals surface area (Å²) in [6.07, 6.45) is 1.93. The molecule has 0 unspecified atom stereocenters. The van der Waals surface area contributed by atoms with Crippen LogP contribution in [0.5, 0.6) is 0 Å². The van der Waals surface area contributed by atoms with Crippen molar-refractivity contribution in [3.8, 4) is 42.4 Å². The smallest absolute Gasteiger partial charge is 0.0465 e. The maximum atomic E-state index is 3.93. The van der Waals surface area contributed by atoms with E-state index < -0.39 is 0 Å². The van der Waals surface area contributed by atoms with Gasteiger partial charge < -0.3 is 4.90 Å². The van der Waals surface area contributed by atoms with Crippen LogP contribution in [-0.4, -0.2) is 0 Å². The number of rotatable bonds is 6. The molecule has 0 saturated carbocycles. The number of benzene rings is 5. The van der Waals surface area contributed by atoms with Crippen LogP contribution in [0.25, 0.3) is 48.5 Å². The average Bonchev–Trinajstić information content (AvgIpc) is 3.90. The second-order valence-corrected chi connectivity index (χ2v) is 16.5. The minimum Gasteiger partial charge on any atom is -0.310 e. The quantitative estimate of drug-likeness (QED) is 0.171. The summed E-state index contributed by atoms with van der Waals surface area (Å²) in [4.78, 5) is 7.51. The van der Waals surface area contributed by atoms with E-state index in [0.717, 1.165) is 5.69 Å². The second kappa shape index (κ2) is 11.0. The predicted molar refractivity (Wildman–Crippen MR) is 213 cm³/mol. The molecule has 2 aliphatic rings. The fourth-order valence-electron chi connectivity index (χ4n) is 8.11. The van der Waals surface area contributed by atoms with Gasteiger partial charge in [0.25, 0.3) is 0 Å². The molecule has 1 nitrogen and oxygen atoms in total. The van der Waals surface area contributed by atoms with E-state index in [1.807, 2.05) is 17.4 Å². The summed E-state index contributed by atoms with van der Waals surface area (Å²) in [6, 6.07) is 49.9. The van der Waals surface area contributed by atoms with Gasteiger partial charge in [0.2, 0.25) is 0 Å². The molecule has 5 aromatic carbocycles. The number of nitrogens with zero attached hydrogens (tertiary/aromatic N) is 1. The van der Waals surface area contributed by atoms with Crippen molar-refractivity contribution in [1.29, 1.82) is 0 Å². The minimum atomic E-state index is -0.0785. The molecule has 0 bridgehead atoms. The van der Waals surface area contributed by atoms with Crippen molar-refractivity contribution in [2.24, 2.45) is 0 Å². The lowest BCUT2D eigenvalue weighted by Crippen LogP contribution is -2.18. The van der Waals surface area contributed by atoms with Gasteiger partial charge in [-0.2, -0.15) is 0 Å². The number of anilines is 3. The van der Waals surface area contributed by atoms with Gasteiger partial charge in [0, 0.05) is 47.4 Å². The van der Waals surface area contributed by atoms with E-state index in [4.69, 9.17) is 0 Å². The third kappa shape index (κ3) is 4.64. The Morgan fingerprint density at radius 3 is 1.49 bits per heavy atom. The highest BCUT2D eigenvalue weighted by molar-refractivity contribution is 7.24. The Kier molecular flexibility index (Phi) is 6.78. The van der Waals surface area contributed by atoms with Crippen molar-refractivity contribution < 1.29 is 0 Å². The highest BCUT2D eigenvalue weighted by Gasteiger charge is 2.37. The molecule has 238 valence electrons. The van der Waals surface area contributed by atoms with Crippen molar-refractivity contribution in [1.82, 2.24) is 0 Å². The van der Waals surface area contributed by atoms with Crippen molar-refractivity contribution in [3.05, 3.63) is 167 Å². The molecule has 0 radical (unpaired) electrons. The van der Waals surface area contributed by atoms with E-state index in [0.29, 0.717) is 0 Å². The highest BCUT2D eigenvalue weighted by atomic mass is 32.1. The summed E-state index contributed by atoms with van der Waals surface area (Å²) < 4.78 is 0. The van der Waals surface area contributed by atoms with Gasteiger partial charge >= 0.3 is 0 Å². The zero-order valence-electron chi connectivity index (χ0n) is 28.2. The Hall–Kier alpha value is -4.96. The van der Waals surface area contributed by atoms with Crippen LogP contribution in [0.2, 0.25) is 0 Å². The SMILES string of the molecule is C=Cc1ccc(-c2ccc(-c3ccc(N(c4ccc5c(c4)C(C)(C)c4ccccc4-5)c4ccc5c(c4)C(C)(C)c4ccccc4-5)cc3)s2)s1. The maximum absolute atomic E-state index is 3.93. The topological polar surface area (TPSA) is 3.24 Å². The molecule has 0 aliphatic heterocycles. The first kappa shape index (κ1) is 30.1. The Morgan fingerprint density at radius 1 is 0.469 bits per heavy atom. The van der Waals surface area contributed by atoms with Gasteiger partial charge in [0.05, 0.1) is 0 Å². The lowest BCUT2D eigenvalue weighted by molar-refractivity contribution is 0.660. The molecule has 0 saturated heterocycles. The lowest BCUT2D eigenvalue weighted by Gasteiger charge is -2.30. The van der Waals surface area contributed by atoms with Gasteiger partial charge in [-0.3, -0.25) is 0 Å². The first-order valence-corrected chi connectivity index (χ1v) is 18.6. The molecule has 0 atom stereocenters. The first-order valence-electron chi connectivity index (χ1n) is 17.0. The van der Waals surface area contributed by atoms with Crippen molar-refractivity contribution in [3.63, 3.8) is 0 Å². The van der Waals surface area contributed by atoms with Gasteiger partial charge in [-0.05, 0) is 111 Å². The molecule has 49 heavy (non-hydrogen) atoms. The molecule has 0 spiro atoms. The molecule has 9 rings (SSSR count). The molecule has 0 amide bonds. The fourth-order valence-corrected chi connectivity index (χ4v) is 10.1. The molecular formula is C46H37NS2. The summed E-state index contributed by atoms with van der Waals surface area (Å²) in [5.41, 5.74) is 15.5. The summed E-state index contributed by atoms with van der Waals surface area (Å²) in [6.45, 7) is 13.4. The van der Waals surface area contributed by atoms with Crippen LogP contribution in [0, 0.1) is 0 Å². The van der Waals surface area contributed by atoms with Gasteiger partial charge in [0.1, 0.15) is 0 Å².